The van der Waals surface area contributed by atoms with Crippen LogP contribution in [-0.2, 0) is 26.9 Å². The second-order valence-electron chi connectivity index (χ2n) is 6.82. The highest BCUT2D eigenvalue weighted by Gasteiger charge is 2.20. The molecule has 1 N–H and O–H groups in total. The number of aromatic nitrogens is 2. The van der Waals surface area contributed by atoms with Crippen LogP contribution in [0.25, 0.3) is 0 Å². The normalized spacial score (nSPS) is 11.3. The van der Waals surface area contributed by atoms with Crippen LogP contribution in [0.4, 0.5) is 0 Å². The number of imidazole rings is 1. The molecule has 0 aliphatic rings. The molecule has 0 amide bonds. The van der Waals surface area contributed by atoms with Gasteiger partial charge in [-0.25, -0.2) is 4.98 Å². The summed E-state index contributed by atoms with van der Waals surface area (Å²) in [6.07, 6.45) is 0.382. The van der Waals surface area contributed by atoms with Gasteiger partial charge < -0.3 is 23.5 Å². The fourth-order valence-corrected chi connectivity index (χ4v) is 5.68. The molecule has 0 fully saturated rings. The summed E-state index contributed by atoms with van der Waals surface area (Å²) in [5, 5.41) is 11.9. The molecule has 0 radical (unpaired) electrons. The van der Waals surface area contributed by atoms with Crippen LogP contribution in [0, 0.1) is 11.8 Å². The molecule has 0 atom stereocenters. The molecule has 0 aliphatic heterocycles. The Morgan fingerprint density at radius 2 is 1.78 bits per heavy atom. The molecule has 0 saturated heterocycles. The van der Waals surface area contributed by atoms with Gasteiger partial charge in [-0.3, -0.25) is 0 Å². The summed E-state index contributed by atoms with van der Waals surface area (Å²) in [7, 11) is -1.04. The Morgan fingerprint density at radius 3 is 2.34 bits per heavy atom. The van der Waals surface area contributed by atoms with Crippen LogP contribution in [-0.4, -0.2) is 40.8 Å². The van der Waals surface area contributed by atoms with Gasteiger partial charge >= 0.3 is 0 Å². The van der Waals surface area contributed by atoms with Crippen LogP contribution < -0.4 is 0 Å². The van der Waals surface area contributed by atoms with E-state index in [1.165, 1.54) is 11.8 Å². The smallest absolute Gasteiger partial charge is 0.198 e. The van der Waals surface area contributed by atoms with Crippen molar-refractivity contribution in [1.29, 1.82) is 0 Å². The van der Waals surface area contributed by atoms with E-state index in [9.17, 15) is 5.11 Å². The van der Waals surface area contributed by atoms with E-state index in [2.05, 4.69) is 30.7 Å². The summed E-state index contributed by atoms with van der Waals surface area (Å²) >= 11 is 13.9. The largest absolute Gasteiger partial charge is 0.388 e. The van der Waals surface area contributed by atoms with E-state index in [0.717, 1.165) is 15.6 Å². The Morgan fingerprint density at radius 1 is 1.12 bits per heavy atom. The summed E-state index contributed by atoms with van der Waals surface area (Å²) in [6, 6.07) is 5.40. The average molecular weight is 519 g/mol. The molecule has 0 aliphatic carbocycles. The SMILES string of the molecule is CCOP(COCC#CCn1c(CO)nc(C(C)C)c1Sc1cc(Cl)cc(Cl)c1)OCC. The summed E-state index contributed by atoms with van der Waals surface area (Å²) in [6.45, 7) is 9.62. The lowest BCUT2D eigenvalue weighted by Crippen LogP contribution is -2.05. The van der Waals surface area contributed by atoms with Crippen LogP contribution >= 0.6 is 43.3 Å². The summed E-state index contributed by atoms with van der Waals surface area (Å²) in [5.74, 6) is 6.87. The second kappa shape index (κ2) is 14.5. The van der Waals surface area contributed by atoms with Crippen molar-refractivity contribution in [3.8, 4) is 11.8 Å². The zero-order valence-electron chi connectivity index (χ0n) is 18.7. The Balaban J connectivity index is 2.14. The van der Waals surface area contributed by atoms with Crippen molar-refractivity contribution in [3.63, 3.8) is 0 Å². The van der Waals surface area contributed by atoms with Crippen molar-refractivity contribution in [2.24, 2.45) is 0 Å². The van der Waals surface area contributed by atoms with Crippen molar-refractivity contribution in [1.82, 2.24) is 9.55 Å². The first-order valence-electron chi connectivity index (χ1n) is 10.3. The Bertz CT molecular complexity index is 904. The van der Waals surface area contributed by atoms with Gasteiger partial charge in [0.25, 0.3) is 0 Å². The minimum absolute atomic E-state index is 0.173. The molecule has 0 spiro atoms. The topological polar surface area (TPSA) is 65.7 Å². The van der Waals surface area contributed by atoms with Crippen molar-refractivity contribution in [3.05, 3.63) is 39.8 Å². The first-order chi connectivity index (χ1) is 15.4. The van der Waals surface area contributed by atoms with Gasteiger partial charge in [-0.1, -0.05) is 60.7 Å². The van der Waals surface area contributed by atoms with Gasteiger partial charge in [0.15, 0.2) is 8.38 Å². The molecule has 10 heteroatoms. The summed E-state index contributed by atoms with van der Waals surface area (Å²) in [4.78, 5) is 5.54. The Hall–Kier alpha value is -0.810. The molecule has 1 aromatic carbocycles. The lowest BCUT2D eigenvalue weighted by Gasteiger charge is -2.14. The maximum absolute atomic E-state index is 9.86. The molecule has 1 aromatic heterocycles. The quantitative estimate of drug-likeness (QED) is 0.201. The Kier molecular flexibility index (Phi) is 12.4. The zero-order valence-corrected chi connectivity index (χ0v) is 22.0. The fraction of sp³-hybridized carbons (Fsp3) is 0.500. The number of halogens is 2. The summed E-state index contributed by atoms with van der Waals surface area (Å²) < 4.78 is 18.5. The lowest BCUT2D eigenvalue weighted by atomic mass is 10.1. The predicted octanol–water partition coefficient (Wildman–Crippen LogP) is 6.32. The highest BCUT2D eigenvalue weighted by molar-refractivity contribution is 7.99. The second-order valence-corrected chi connectivity index (χ2v) is 10.2. The predicted molar refractivity (Wildman–Crippen MR) is 132 cm³/mol. The molecule has 6 nitrogen and oxygen atoms in total. The molecule has 0 bridgehead atoms. The van der Waals surface area contributed by atoms with E-state index in [0.29, 0.717) is 42.0 Å². The molecular formula is C22H29Cl2N2O4PS. The number of aliphatic hydroxyl groups is 1. The number of benzene rings is 1. The Labute approximate surface area is 205 Å². The number of aliphatic hydroxyl groups excluding tert-OH is 1. The molecule has 2 rings (SSSR count). The van der Waals surface area contributed by atoms with E-state index in [1.807, 2.05) is 30.5 Å². The lowest BCUT2D eigenvalue weighted by molar-refractivity contribution is 0.179. The molecule has 0 unspecified atom stereocenters. The zero-order chi connectivity index (χ0) is 23.5. The van der Waals surface area contributed by atoms with Gasteiger partial charge in [0.1, 0.15) is 30.4 Å². The van der Waals surface area contributed by atoms with Gasteiger partial charge in [-0.2, -0.15) is 0 Å². The maximum atomic E-state index is 9.86. The van der Waals surface area contributed by atoms with Crippen LogP contribution in [0.3, 0.4) is 0 Å². The van der Waals surface area contributed by atoms with Crippen molar-refractivity contribution < 1.29 is 18.9 Å². The summed E-state index contributed by atoms with van der Waals surface area (Å²) in [5.41, 5.74) is 0.896. The molecule has 0 saturated carbocycles. The number of rotatable bonds is 12. The molecule has 176 valence electrons. The minimum Gasteiger partial charge on any atom is -0.388 e. The molecule has 1 heterocycles. The van der Waals surface area contributed by atoms with Gasteiger partial charge in [-0.15, -0.1) is 0 Å². The van der Waals surface area contributed by atoms with Crippen LogP contribution in [0.1, 0.15) is 45.1 Å². The average Bonchev–Trinajstić information content (AvgIpc) is 3.07. The number of nitrogens with zero attached hydrogens (tertiary/aromatic N) is 2. The number of hydrogen-bond donors (Lipinski definition) is 1. The van der Waals surface area contributed by atoms with E-state index in [1.54, 1.807) is 6.07 Å². The van der Waals surface area contributed by atoms with E-state index in [-0.39, 0.29) is 19.1 Å². The first-order valence-corrected chi connectivity index (χ1v) is 13.2. The van der Waals surface area contributed by atoms with Gasteiger partial charge in [0.2, 0.25) is 0 Å². The standard InChI is InChI=1S/C22H29Cl2N2O4PS/c1-5-29-31(30-6-2)15-28-10-8-7-9-26-20(14-27)25-21(16(3)4)22(26)32-19-12-17(23)11-18(24)13-19/h11-13,16,27H,5-6,9-10,14-15H2,1-4H3. The molecule has 2 aromatic rings. The van der Waals surface area contributed by atoms with Gasteiger partial charge in [-0.05, 0) is 38.0 Å². The number of hydrogen-bond acceptors (Lipinski definition) is 6. The van der Waals surface area contributed by atoms with E-state index >= 15 is 0 Å². The molecular weight excluding hydrogens is 490 g/mol. The third kappa shape index (κ3) is 8.52. The molecule has 32 heavy (non-hydrogen) atoms. The van der Waals surface area contributed by atoms with Crippen molar-refractivity contribution >= 4 is 43.3 Å². The highest BCUT2D eigenvalue weighted by atomic mass is 35.5. The van der Waals surface area contributed by atoms with Crippen LogP contribution in [0.2, 0.25) is 10.0 Å². The van der Waals surface area contributed by atoms with Gasteiger partial charge in [0.05, 0.1) is 25.5 Å². The number of ether oxygens (including phenoxy) is 1. The fourth-order valence-electron chi connectivity index (χ4n) is 2.73. The third-order valence-corrected chi connectivity index (χ3v) is 7.06. The van der Waals surface area contributed by atoms with Crippen molar-refractivity contribution in [2.45, 2.75) is 56.7 Å². The highest BCUT2D eigenvalue weighted by Crippen LogP contribution is 2.38. The minimum atomic E-state index is -1.04. The van der Waals surface area contributed by atoms with Crippen LogP contribution in [0.15, 0.2) is 28.1 Å². The van der Waals surface area contributed by atoms with Crippen LogP contribution in [0.5, 0.6) is 0 Å². The maximum Gasteiger partial charge on any atom is 0.198 e. The van der Waals surface area contributed by atoms with Crippen molar-refractivity contribution in [2.75, 3.05) is 26.2 Å². The van der Waals surface area contributed by atoms with E-state index in [4.69, 9.17) is 37.0 Å². The van der Waals surface area contributed by atoms with E-state index < -0.39 is 8.38 Å². The first kappa shape index (κ1) is 27.4. The third-order valence-electron chi connectivity index (χ3n) is 4.04. The monoisotopic (exact) mass is 518 g/mol. The van der Waals surface area contributed by atoms with Gasteiger partial charge in [0, 0.05) is 14.9 Å².